The highest BCUT2D eigenvalue weighted by Gasteiger charge is 2.03. The Bertz CT molecular complexity index is 403. The van der Waals surface area contributed by atoms with Crippen molar-refractivity contribution in [2.45, 2.75) is 13.3 Å². The molecular weight excluding hydrogens is 236 g/mol. The zero-order valence-corrected chi connectivity index (χ0v) is 10.1. The second-order valence-electron chi connectivity index (χ2n) is 3.57. The number of amides is 2. The molecule has 0 saturated heterocycles. The molecule has 0 aliphatic carbocycles. The fourth-order valence-corrected chi connectivity index (χ4v) is 1.19. The lowest BCUT2D eigenvalue weighted by molar-refractivity contribution is -0.139. The molecule has 0 unspecified atom stereocenters. The number of carbonyl (C=O) groups excluding carboxylic acids is 2. The highest BCUT2D eigenvalue weighted by Crippen LogP contribution is 2.12. The molecule has 0 aliphatic heterocycles. The first kappa shape index (κ1) is 14.0. The van der Waals surface area contributed by atoms with E-state index >= 15 is 0 Å². The van der Waals surface area contributed by atoms with Gasteiger partial charge in [0.1, 0.15) is 5.75 Å². The van der Waals surface area contributed by atoms with Gasteiger partial charge >= 0.3 is 0 Å². The van der Waals surface area contributed by atoms with E-state index in [1.165, 1.54) is 5.56 Å². The van der Waals surface area contributed by atoms with Crippen LogP contribution in [0, 0.1) is 0 Å². The number of aryl methyl sites for hydroxylation is 1. The molecule has 0 heterocycles. The Hall–Kier alpha value is -2.08. The molecule has 1 aromatic carbocycles. The van der Waals surface area contributed by atoms with Crippen molar-refractivity contribution in [2.24, 2.45) is 5.73 Å². The minimum Gasteiger partial charge on any atom is -0.484 e. The minimum absolute atomic E-state index is 0.190. The molecule has 0 bridgehead atoms. The lowest BCUT2D eigenvalue weighted by atomic mass is 10.2. The second-order valence-corrected chi connectivity index (χ2v) is 3.57. The quantitative estimate of drug-likeness (QED) is 0.676. The molecular formula is C12H16N2O4. The van der Waals surface area contributed by atoms with Gasteiger partial charge in [-0.25, -0.2) is 5.48 Å². The number of carbonyl (C=O) groups is 2. The third-order valence-electron chi connectivity index (χ3n) is 2.10. The molecule has 0 saturated carbocycles. The number of hydroxylamine groups is 1. The van der Waals surface area contributed by atoms with Crippen LogP contribution in [0.1, 0.15) is 12.5 Å². The van der Waals surface area contributed by atoms with E-state index < -0.39 is 11.8 Å². The van der Waals surface area contributed by atoms with Crippen molar-refractivity contribution in [3.05, 3.63) is 29.8 Å². The average molecular weight is 252 g/mol. The third kappa shape index (κ3) is 5.31. The number of ether oxygens (including phenoxy) is 1. The van der Waals surface area contributed by atoms with Crippen LogP contribution in [0.4, 0.5) is 0 Å². The first-order valence-electron chi connectivity index (χ1n) is 5.52. The van der Waals surface area contributed by atoms with Crippen LogP contribution in [0.2, 0.25) is 0 Å². The van der Waals surface area contributed by atoms with Crippen molar-refractivity contribution < 1.29 is 19.2 Å². The fourth-order valence-electron chi connectivity index (χ4n) is 1.19. The summed E-state index contributed by atoms with van der Waals surface area (Å²) in [6.45, 7) is 1.50. The number of hydrogen-bond acceptors (Lipinski definition) is 4. The molecule has 18 heavy (non-hydrogen) atoms. The Balaban J connectivity index is 2.26. The Labute approximate surface area is 105 Å². The van der Waals surface area contributed by atoms with Crippen molar-refractivity contribution in [1.29, 1.82) is 0 Å². The van der Waals surface area contributed by atoms with Crippen molar-refractivity contribution in [3.63, 3.8) is 0 Å². The zero-order chi connectivity index (χ0) is 13.4. The van der Waals surface area contributed by atoms with Gasteiger partial charge in [-0.05, 0) is 24.1 Å². The molecule has 0 aliphatic rings. The summed E-state index contributed by atoms with van der Waals surface area (Å²) in [6.07, 6.45) is 0.946. The molecule has 2 amide bonds. The maximum Gasteiger partial charge on any atom is 0.281 e. The van der Waals surface area contributed by atoms with Crippen molar-refractivity contribution >= 4 is 11.8 Å². The largest absolute Gasteiger partial charge is 0.484 e. The molecule has 1 aromatic rings. The smallest absolute Gasteiger partial charge is 0.281 e. The normalized spacial score (nSPS) is 9.83. The Morgan fingerprint density at radius 1 is 1.22 bits per heavy atom. The molecule has 1 rings (SSSR count). The molecule has 0 radical (unpaired) electrons. The minimum atomic E-state index is -0.661. The van der Waals surface area contributed by atoms with E-state index in [2.05, 4.69) is 11.8 Å². The van der Waals surface area contributed by atoms with E-state index in [0.29, 0.717) is 5.75 Å². The second kappa shape index (κ2) is 7.29. The van der Waals surface area contributed by atoms with Crippen LogP contribution in [0.15, 0.2) is 24.3 Å². The lowest BCUT2D eigenvalue weighted by Crippen LogP contribution is -2.32. The van der Waals surface area contributed by atoms with Crippen LogP contribution >= 0.6 is 0 Å². The van der Waals surface area contributed by atoms with Gasteiger partial charge in [0.05, 0.1) is 0 Å². The molecule has 3 N–H and O–H groups in total. The summed E-state index contributed by atoms with van der Waals surface area (Å²) in [7, 11) is 0. The number of rotatable bonds is 7. The van der Waals surface area contributed by atoms with Gasteiger partial charge in [0.2, 0.25) is 5.91 Å². The Kier molecular flexibility index (Phi) is 5.66. The van der Waals surface area contributed by atoms with Crippen LogP contribution in [0.3, 0.4) is 0 Å². The van der Waals surface area contributed by atoms with Crippen LogP contribution < -0.4 is 16.0 Å². The highest BCUT2D eigenvalue weighted by molar-refractivity contribution is 5.77. The topological polar surface area (TPSA) is 90.7 Å². The number of nitrogens with one attached hydrogen (secondary N) is 1. The Morgan fingerprint density at radius 2 is 1.89 bits per heavy atom. The summed E-state index contributed by atoms with van der Waals surface area (Å²) in [4.78, 5) is 26.1. The molecule has 0 aromatic heterocycles. The lowest BCUT2D eigenvalue weighted by Gasteiger charge is -2.07. The molecule has 6 nitrogen and oxygen atoms in total. The monoisotopic (exact) mass is 252 g/mol. The number of benzene rings is 1. The molecule has 6 heteroatoms. The van der Waals surface area contributed by atoms with E-state index in [9.17, 15) is 9.59 Å². The van der Waals surface area contributed by atoms with Gasteiger partial charge in [0.15, 0.2) is 13.2 Å². The average Bonchev–Trinajstić information content (AvgIpc) is 2.36. The fraction of sp³-hybridized carbons (Fsp3) is 0.333. The standard InChI is InChI=1S/C12H16N2O4/c1-2-9-3-5-10(6-4-9)17-8-12(16)14-18-7-11(13)15/h3-6H,2,7-8H2,1H3,(H2,13,15)(H,14,16). The van der Waals surface area contributed by atoms with Gasteiger partial charge in [-0.2, -0.15) is 0 Å². The number of primary amides is 1. The van der Waals surface area contributed by atoms with Crippen LogP contribution in [-0.4, -0.2) is 25.0 Å². The summed E-state index contributed by atoms with van der Waals surface area (Å²) in [5.74, 6) is -0.556. The zero-order valence-electron chi connectivity index (χ0n) is 10.1. The summed E-state index contributed by atoms with van der Waals surface area (Å²) in [5.41, 5.74) is 8.06. The number of hydrogen-bond donors (Lipinski definition) is 2. The van der Waals surface area contributed by atoms with E-state index in [1.54, 1.807) is 12.1 Å². The summed E-state index contributed by atoms with van der Waals surface area (Å²) < 4.78 is 5.22. The first-order chi connectivity index (χ1) is 8.61. The predicted molar refractivity (Wildman–Crippen MR) is 64.6 cm³/mol. The summed E-state index contributed by atoms with van der Waals surface area (Å²) >= 11 is 0. The van der Waals surface area contributed by atoms with Crippen molar-refractivity contribution in [2.75, 3.05) is 13.2 Å². The van der Waals surface area contributed by atoms with Gasteiger partial charge < -0.3 is 10.5 Å². The van der Waals surface area contributed by atoms with Gasteiger partial charge in [0, 0.05) is 0 Å². The number of nitrogens with two attached hydrogens (primary N) is 1. The highest BCUT2D eigenvalue weighted by atomic mass is 16.7. The maximum absolute atomic E-state index is 11.2. The summed E-state index contributed by atoms with van der Waals surface area (Å²) in [6, 6.07) is 7.43. The summed E-state index contributed by atoms with van der Waals surface area (Å²) in [5, 5.41) is 0. The van der Waals surface area contributed by atoms with Crippen molar-refractivity contribution in [1.82, 2.24) is 5.48 Å². The third-order valence-corrected chi connectivity index (χ3v) is 2.10. The van der Waals surface area contributed by atoms with Crippen molar-refractivity contribution in [3.8, 4) is 5.75 Å². The van der Waals surface area contributed by atoms with E-state index in [1.807, 2.05) is 17.6 Å². The van der Waals surface area contributed by atoms with Crippen LogP contribution in [0.25, 0.3) is 0 Å². The van der Waals surface area contributed by atoms with Crippen LogP contribution in [-0.2, 0) is 20.8 Å². The predicted octanol–water partition coefficient (Wildman–Crippen LogP) is 0.161. The molecule has 0 spiro atoms. The van der Waals surface area contributed by atoms with E-state index in [0.717, 1.165) is 6.42 Å². The molecule has 0 atom stereocenters. The van der Waals surface area contributed by atoms with E-state index in [4.69, 9.17) is 10.5 Å². The maximum atomic E-state index is 11.2. The van der Waals surface area contributed by atoms with Gasteiger partial charge in [-0.15, -0.1) is 0 Å². The molecule has 98 valence electrons. The van der Waals surface area contributed by atoms with E-state index in [-0.39, 0.29) is 13.2 Å². The van der Waals surface area contributed by atoms with Gasteiger partial charge in [0.25, 0.3) is 5.91 Å². The Morgan fingerprint density at radius 3 is 2.44 bits per heavy atom. The van der Waals surface area contributed by atoms with Crippen LogP contribution in [0.5, 0.6) is 5.75 Å². The van der Waals surface area contributed by atoms with Gasteiger partial charge in [-0.3, -0.25) is 14.4 Å². The molecule has 0 fully saturated rings. The first-order valence-corrected chi connectivity index (χ1v) is 5.52. The van der Waals surface area contributed by atoms with Gasteiger partial charge in [-0.1, -0.05) is 19.1 Å². The SMILES string of the molecule is CCc1ccc(OCC(=O)NOCC(N)=O)cc1.